The second-order valence-corrected chi connectivity index (χ2v) is 7.62. The van der Waals surface area contributed by atoms with Crippen LogP contribution in [0.3, 0.4) is 0 Å². The van der Waals surface area contributed by atoms with Crippen LogP contribution in [0.15, 0.2) is 40.3 Å². The second kappa shape index (κ2) is 8.97. The van der Waals surface area contributed by atoms with Crippen molar-refractivity contribution in [3.8, 4) is 17.4 Å². The van der Waals surface area contributed by atoms with Crippen molar-refractivity contribution in [2.75, 3.05) is 0 Å². The summed E-state index contributed by atoms with van der Waals surface area (Å²) in [5.41, 5.74) is 0.466. The molecule has 3 rings (SSSR count). The molecule has 0 spiro atoms. The molecule has 1 saturated carbocycles. The maximum atomic E-state index is 12.5. The molecule has 1 fully saturated rings. The predicted molar refractivity (Wildman–Crippen MR) is 109 cm³/mol. The van der Waals surface area contributed by atoms with Gasteiger partial charge in [-0.05, 0) is 49.1 Å². The third-order valence-corrected chi connectivity index (χ3v) is 5.52. The van der Waals surface area contributed by atoms with E-state index in [0.29, 0.717) is 23.0 Å². The minimum absolute atomic E-state index is 0.0312. The fraction of sp³-hybridized carbons (Fsp3) is 0.318. The molecule has 1 aromatic carbocycles. The number of aromatic carboxylic acids is 1. The lowest BCUT2D eigenvalue weighted by Gasteiger charge is -2.29. The Kier molecular flexibility index (Phi) is 6.40. The highest BCUT2D eigenvalue weighted by molar-refractivity contribution is 6.33. The number of nitrogens with one attached hydrogen (secondary N) is 1. The number of carboxylic acid groups (broad SMARTS) is 1. The molecule has 1 aromatic heterocycles. The topological polar surface area (TPSA) is 103 Å². The highest BCUT2D eigenvalue weighted by Crippen LogP contribution is 2.28. The largest absolute Gasteiger partial charge is 0.478 e. The average molecular weight is 413 g/mol. The number of carbonyl (C=O) groups is 2. The number of rotatable bonds is 5. The first-order chi connectivity index (χ1) is 13.9. The van der Waals surface area contributed by atoms with Crippen molar-refractivity contribution in [2.45, 2.75) is 38.6 Å². The van der Waals surface area contributed by atoms with E-state index in [4.69, 9.17) is 16.0 Å². The molecule has 0 aliphatic heterocycles. The number of furan rings is 1. The van der Waals surface area contributed by atoms with Crippen molar-refractivity contribution in [2.24, 2.45) is 5.92 Å². The maximum Gasteiger partial charge on any atom is 0.337 e. The second-order valence-electron chi connectivity index (χ2n) is 7.21. The lowest BCUT2D eigenvalue weighted by Crippen LogP contribution is -2.41. The van der Waals surface area contributed by atoms with Crippen LogP contribution in [0.1, 0.15) is 48.7 Å². The van der Waals surface area contributed by atoms with Crippen LogP contribution >= 0.6 is 11.6 Å². The van der Waals surface area contributed by atoms with E-state index in [0.717, 1.165) is 25.7 Å². The van der Waals surface area contributed by atoms with Gasteiger partial charge in [0, 0.05) is 17.7 Å². The molecule has 2 aromatic rings. The number of amides is 1. The number of hydrogen-bond donors (Lipinski definition) is 2. The zero-order valence-electron chi connectivity index (χ0n) is 15.9. The molecule has 150 valence electrons. The number of halogens is 1. The van der Waals surface area contributed by atoms with E-state index in [1.165, 1.54) is 18.2 Å². The van der Waals surface area contributed by atoms with Crippen LogP contribution in [0.5, 0.6) is 0 Å². The molecule has 2 N–H and O–H groups in total. The number of carbonyl (C=O) groups excluding carboxylic acids is 1. The lowest BCUT2D eigenvalue weighted by molar-refractivity contribution is -0.118. The van der Waals surface area contributed by atoms with Crippen LogP contribution in [-0.4, -0.2) is 23.0 Å². The number of carboxylic acids is 1. The van der Waals surface area contributed by atoms with Gasteiger partial charge in [0.25, 0.3) is 5.91 Å². The molecular weight excluding hydrogens is 392 g/mol. The fourth-order valence-corrected chi connectivity index (χ4v) is 3.69. The highest BCUT2D eigenvalue weighted by Gasteiger charge is 2.24. The van der Waals surface area contributed by atoms with Crippen molar-refractivity contribution in [1.29, 1.82) is 5.26 Å². The first kappa shape index (κ1) is 20.7. The van der Waals surface area contributed by atoms with Gasteiger partial charge in [0.2, 0.25) is 0 Å². The van der Waals surface area contributed by atoms with Gasteiger partial charge in [0.1, 0.15) is 23.2 Å². The molecule has 1 aliphatic carbocycles. The fourth-order valence-electron chi connectivity index (χ4n) is 3.50. The van der Waals surface area contributed by atoms with Crippen LogP contribution in [0, 0.1) is 17.2 Å². The molecule has 7 heteroatoms. The van der Waals surface area contributed by atoms with Gasteiger partial charge in [0.15, 0.2) is 0 Å². The minimum Gasteiger partial charge on any atom is -0.478 e. The van der Waals surface area contributed by atoms with E-state index in [-0.39, 0.29) is 22.2 Å². The summed E-state index contributed by atoms with van der Waals surface area (Å²) in [5.74, 6) is -0.423. The normalized spacial score (nSPS) is 19.4. The number of benzene rings is 1. The monoisotopic (exact) mass is 412 g/mol. The lowest BCUT2D eigenvalue weighted by atomic mass is 9.86. The van der Waals surface area contributed by atoms with Crippen molar-refractivity contribution >= 4 is 29.6 Å². The van der Waals surface area contributed by atoms with Crippen molar-refractivity contribution in [1.82, 2.24) is 5.32 Å². The van der Waals surface area contributed by atoms with E-state index in [1.54, 1.807) is 18.2 Å². The molecule has 0 saturated heterocycles. The summed E-state index contributed by atoms with van der Waals surface area (Å²) in [6.45, 7) is 2.11. The van der Waals surface area contributed by atoms with E-state index in [1.807, 2.05) is 6.07 Å². The Bertz CT molecular complexity index is 1000. The Balaban J connectivity index is 1.79. The van der Waals surface area contributed by atoms with Crippen molar-refractivity contribution in [3.63, 3.8) is 0 Å². The average Bonchev–Trinajstić information content (AvgIpc) is 3.16. The SMILES string of the molecule is C[C@H]1CCCC[C@H]1NC(=O)/C(C#N)=C/c1ccc(-c2ccc(Cl)c(C(=O)O)c2)o1. The van der Waals surface area contributed by atoms with Gasteiger partial charge in [-0.15, -0.1) is 0 Å². The van der Waals surface area contributed by atoms with Gasteiger partial charge >= 0.3 is 5.97 Å². The number of nitriles is 1. The smallest absolute Gasteiger partial charge is 0.337 e. The molecule has 6 nitrogen and oxygen atoms in total. The van der Waals surface area contributed by atoms with Gasteiger partial charge in [-0.25, -0.2) is 4.79 Å². The summed E-state index contributed by atoms with van der Waals surface area (Å²) in [4.78, 5) is 23.8. The van der Waals surface area contributed by atoms with Gasteiger partial charge in [0.05, 0.1) is 10.6 Å². The Labute approximate surface area is 173 Å². The first-order valence-corrected chi connectivity index (χ1v) is 9.82. The van der Waals surface area contributed by atoms with Crippen molar-refractivity contribution in [3.05, 3.63) is 52.3 Å². The molecule has 1 amide bonds. The predicted octanol–water partition coefficient (Wildman–Crippen LogP) is 4.90. The minimum atomic E-state index is -1.14. The summed E-state index contributed by atoms with van der Waals surface area (Å²) in [7, 11) is 0. The Morgan fingerprint density at radius 1 is 1.28 bits per heavy atom. The van der Waals surface area contributed by atoms with E-state index >= 15 is 0 Å². The molecule has 1 aliphatic rings. The Morgan fingerprint density at radius 2 is 2.03 bits per heavy atom. The van der Waals surface area contributed by atoms with Gasteiger partial charge in [-0.2, -0.15) is 5.26 Å². The van der Waals surface area contributed by atoms with Crippen LogP contribution in [0.25, 0.3) is 17.4 Å². The summed E-state index contributed by atoms with van der Waals surface area (Å²) < 4.78 is 5.69. The zero-order chi connectivity index (χ0) is 21.0. The molecule has 0 unspecified atom stereocenters. The van der Waals surface area contributed by atoms with E-state index in [2.05, 4.69) is 12.2 Å². The molecule has 29 heavy (non-hydrogen) atoms. The zero-order valence-corrected chi connectivity index (χ0v) is 16.7. The third-order valence-electron chi connectivity index (χ3n) is 5.19. The maximum absolute atomic E-state index is 12.5. The Hall–Kier alpha value is -3.04. The van der Waals surface area contributed by atoms with Crippen LogP contribution in [0.4, 0.5) is 0 Å². The van der Waals surface area contributed by atoms with Crippen molar-refractivity contribution < 1.29 is 19.1 Å². The van der Waals surface area contributed by atoms with Crippen LogP contribution in [-0.2, 0) is 4.79 Å². The third kappa shape index (κ3) is 4.87. The van der Waals surface area contributed by atoms with E-state index in [9.17, 15) is 20.0 Å². The summed E-state index contributed by atoms with van der Waals surface area (Å²) >= 11 is 5.90. The molecule has 1 heterocycles. The van der Waals surface area contributed by atoms with Crippen LogP contribution < -0.4 is 5.32 Å². The number of nitrogens with zero attached hydrogens (tertiary/aromatic N) is 1. The summed E-state index contributed by atoms with van der Waals surface area (Å²) in [6, 6.07) is 9.82. The molecule has 0 radical (unpaired) electrons. The van der Waals surface area contributed by atoms with Crippen LogP contribution in [0.2, 0.25) is 5.02 Å². The van der Waals surface area contributed by atoms with Gasteiger partial charge in [-0.3, -0.25) is 4.79 Å². The van der Waals surface area contributed by atoms with Gasteiger partial charge in [-0.1, -0.05) is 31.4 Å². The first-order valence-electron chi connectivity index (χ1n) is 9.44. The van der Waals surface area contributed by atoms with E-state index < -0.39 is 11.9 Å². The Morgan fingerprint density at radius 3 is 2.72 bits per heavy atom. The molecule has 0 bridgehead atoms. The quantitative estimate of drug-likeness (QED) is 0.537. The summed E-state index contributed by atoms with van der Waals surface area (Å²) in [6.07, 6.45) is 5.61. The number of hydrogen-bond acceptors (Lipinski definition) is 4. The van der Waals surface area contributed by atoms with Gasteiger partial charge < -0.3 is 14.8 Å². The molecular formula is C22H21ClN2O4. The highest BCUT2D eigenvalue weighted by atomic mass is 35.5. The molecule has 2 atom stereocenters. The summed E-state index contributed by atoms with van der Waals surface area (Å²) in [5, 5.41) is 21.7. The standard InChI is InChI=1S/C22H21ClN2O4/c1-13-4-2-3-5-19(13)25-21(26)15(12-24)10-16-7-9-20(29-16)14-6-8-18(23)17(11-14)22(27)28/h6-11,13,19H,2-5H2,1H3,(H,25,26)(H,27,28)/b15-10+/t13-,19+/m0/s1.